The summed E-state index contributed by atoms with van der Waals surface area (Å²) in [5.41, 5.74) is -0.0143. The van der Waals surface area contributed by atoms with Crippen LogP contribution in [0, 0.1) is 10.1 Å². The minimum absolute atomic E-state index is 0.0433. The maximum absolute atomic E-state index is 10.9. The predicted molar refractivity (Wildman–Crippen MR) is 79.1 cm³/mol. The molecule has 1 heterocycles. The van der Waals surface area contributed by atoms with E-state index in [1.54, 1.807) is 18.2 Å². The van der Waals surface area contributed by atoms with Crippen LogP contribution >= 0.6 is 0 Å². The first kappa shape index (κ1) is 15.3. The van der Waals surface area contributed by atoms with Crippen LogP contribution in [0.15, 0.2) is 36.3 Å². The molecule has 0 saturated carbocycles. The molecule has 0 amide bonds. The number of hydrogen-bond acceptors (Lipinski definition) is 5. The van der Waals surface area contributed by atoms with Gasteiger partial charge >= 0.3 is 5.69 Å². The Morgan fingerprint density at radius 1 is 1.38 bits per heavy atom. The summed E-state index contributed by atoms with van der Waals surface area (Å²) in [4.78, 5) is 12.7. The van der Waals surface area contributed by atoms with Crippen molar-refractivity contribution in [3.05, 3.63) is 46.4 Å². The normalized spacial score (nSPS) is 18.3. The molecule has 0 aromatic heterocycles. The molecule has 2 rings (SSSR count). The van der Waals surface area contributed by atoms with Crippen LogP contribution in [-0.4, -0.2) is 35.1 Å². The molecular weight excluding hydrogens is 272 g/mol. The average Bonchev–Trinajstić information content (AvgIpc) is 2.45. The van der Waals surface area contributed by atoms with Crippen molar-refractivity contribution in [2.75, 3.05) is 19.7 Å². The minimum Gasteiger partial charge on any atom is -0.492 e. The van der Waals surface area contributed by atoms with Gasteiger partial charge in [0.15, 0.2) is 0 Å². The van der Waals surface area contributed by atoms with Crippen LogP contribution in [0.1, 0.15) is 20.8 Å². The van der Waals surface area contributed by atoms with Gasteiger partial charge in [0.2, 0.25) is 5.75 Å². The van der Waals surface area contributed by atoms with E-state index in [2.05, 4.69) is 25.7 Å². The topological polar surface area (TPSA) is 64.8 Å². The molecule has 0 N–H and O–H groups in total. The fourth-order valence-corrected chi connectivity index (χ4v) is 2.08. The van der Waals surface area contributed by atoms with Crippen molar-refractivity contribution >= 4 is 5.69 Å². The number of nitrogens with zero attached hydrogens (tertiary/aromatic N) is 2. The summed E-state index contributed by atoms with van der Waals surface area (Å²) in [7, 11) is 0. The highest BCUT2D eigenvalue weighted by atomic mass is 16.6. The summed E-state index contributed by atoms with van der Waals surface area (Å²) in [6.45, 7) is 8.48. The van der Waals surface area contributed by atoms with Gasteiger partial charge in [0.1, 0.15) is 18.6 Å². The van der Waals surface area contributed by atoms with Gasteiger partial charge < -0.3 is 9.47 Å². The highest BCUT2D eigenvalue weighted by Gasteiger charge is 2.26. The zero-order chi connectivity index (χ0) is 15.5. The van der Waals surface area contributed by atoms with E-state index >= 15 is 0 Å². The van der Waals surface area contributed by atoms with E-state index in [1.807, 2.05) is 0 Å². The number of rotatable bonds is 3. The molecule has 1 aromatic rings. The first-order valence-electron chi connectivity index (χ1n) is 6.85. The molecule has 0 radical (unpaired) electrons. The number of hydrogen-bond donors (Lipinski definition) is 0. The molecule has 114 valence electrons. The zero-order valence-electron chi connectivity index (χ0n) is 12.5. The van der Waals surface area contributed by atoms with E-state index < -0.39 is 4.92 Å². The second-order valence-electron chi connectivity index (χ2n) is 5.87. The molecule has 1 saturated heterocycles. The van der Waals surface area contributed by atoms with Gasteiger partial charge in [-0.15, -0.1) is 0 Å². The molecule has 0 aliphatic carbocycles. The Balaban J connectivity index is 2.09. The summed E-state index contributed by atoms with van der Waals surface area (Å²) in [5, 5.41) is 10.9. The summed E-state index contributed by atoms with van der Waals surface area (Å²) >= 11 is 0. The maximum atomic E-state index is 10.9. The first-order chi connectivity index (χ1) is 9.88. The maximum Gasteiger partial charge on any atom is 0.311 e. The van der Waals surface area contributed by atoms with Gasteiger partial charge in [-0.1, -0.05) is 12.1 Å². The average molecular weight is 292 g/mol. The predicted octanol–water partition coefficient (Wildman–Crippen LogP) is 2.95. The van der Waals surface area contributed by atoms with E-state index in [-0.39, 0.29) is 17.0 Å². The lowest BCUT2D eigenvalue weighted by atomic mass is 10.1. The molecular formula is C15H20N2O4. The summed E-state index contributed by atoms with van der Waals surface area (Å²) in [6, 6.07) is 6.29. The number of ether oxygens (including phenoxy) is 2. The quantitative estimate of drug-likeness (QED) is 0.487. The number of benzene rings is 1. The Labute approximate surface area is 124 Å². The van der Waals surface area contributed by atoms with E-state index in [0.29, 0.717) is 18.9 Å². The summed E-state index contributed by atoms with van der Waals surface area (Å²) in [6.07, 6.45) is 1.46. The molecule has 6 nitrogen and oxygen atoms in total. The third kappa shape index (κ3) is 3.95. The SMILES string of the molecule is CC(C)(C)N1CCOC(=COc2ccccc2[N+](=O)[O-])C1. The van der Waals surface area contributed by atoms with Crippen molar-refractivity contribution < 1.29 is 14.4 Å². The van der Waals surface area contributed by atoms with Gasteiger partial charge in [-0.25, -0.2) is 0 Å². The highest BCUT2D eigenvalue weighted by molar-refractivity contribution is 5.46. The molecule has 1 fully saturated rings. The van der Waals surface area contributed by atoms with E-state index in [0.717, 1.165) is 6.54 Å². The van der Waals surface area contributed by atoms with Crippen molar-refractivity contribution in [1.82, 2.24) is 4.90 Å². The van der Waals surface area contributed by atoms with Gasteiger partial charge in [0.25, 0.3) is 0 Å². The number of para-hydroxylation sites is 2. The second-order valence-corrected chi connectivity index (χ2v) is 5.87. The second kappa shape index (κ2) is 6.13. The molecule has 0 unspecified atom stereocenters. The summed E-state index contributed by atoms with van der Waals surface area (Å²) < 4.78 is 11.0. The van der Waals surface area contributed by atoms with Crippen LogP contribution in [0.5, 0.6) is 5.75 Å². The van der Waals surface area contributed by atoms with Gasteiger partial charge in [-0.05, 0) is 26.8 Å². The van der Waals surface area contributed by atoms with Crippen molar-refractivity contribution in [2.45, 2.75) is 26.3 Å². The van der Waals surface area contributed by atoms with Crippen LogP contribution < -0.4 is 4.74 Å². The minimum atomic E-state index is -0.461. The van der Waals surface area contributed by atoms with Crippen LogP contribution in [0.3, 0.4) is 0 Å². The number of nitro benzene ring substituents is 1. The molecule has 6 heteroatoms. The molecule has 1 aliphatic heterocycles. The Hall–Kier alpha value is -2.08. The Morgan fingerprint density at radius 3 is 2.76 bits per heavy atom. The van der Waals surface area contributed by atoms with Crippen molar-refractivity contribution in [2.24, 2.45) is 0 Å². The molecule has 0 spiro atoms. The third-order valence-electron chi connectivity index (χ3n) is 3.32. The van der Waals surface area contributed by atoms with Crippen molar-refractivity contribution in [3.63, 3.8) is 0 Å². The monoisotopic (exact) mass is 292 g/mol. The number of nitro groups is 1. The van der Waals surface area contributed by atoms with Crippen LogP contribution in [0.2, 0.25) is 0 Å². The molecule has 0 atom stereocenters. The lowest BCUT2D eigenvalue weighted by Gasteiger charge is -2.38. The van der Waals surface area contributed by atoms with Gasteiger partial charge in [0.05, 0.1) is 11.5 Å². The number of morpholine rings is 1. The molecule has 1 aliphatic rings. The first-order valence-corrected chi connectivity index (χ1v) is 6.85. The smallest absolute Gasteiger partial charge is 0.311 e. The van der Waals surface area contributed by atoms with E-state index in [1.165, 1.54) is 12.3 Å². The lowest BCUT2D eigenvalue weighted by molar-refractivity contribution is -0.385. The fourth-order valence-electron chi connectivity index (χ4n) is 2.08. The Morgan fingerprint density at radius 2 is 2.10 bits per heavy atom. The Kier molecular flexibility index (Phi) is 4.47. The van der Waals surface area contributed by atoms with Gasteiger partial charge in [-0.3, -0.25) is 15.0 Å². The van der Waals surface area contributed by atoms with E-state index in [4.69, 9.17) is 9.47 Å². The van der Waals surface area contributed by atoms with Crippen LogP contribution in [0.25, 0.3) is 0 Å². The fraction of sp³-hybridized carbons (Fsp3) is 0.467. The van der Waals surface area contributed by atoms with Gasteiger partial charge in [0, 0.05) is 18.2 Å². The molecule has 0 bridgehead atoms. The Bertz CT molecular complexity index is 549. The van der Waals surface area contributed by atoms with Crippen LogP contribution in [-0.2, 0) is 4.74 Å². The van der Waals surface area contributed by atoms with E-state index in [9.17, 15) is 10.1 Å². The van der Waals surface area contributed by atoms with Crippen molar-refractivity contribution in [3.8, 4) is 5.75 Å². The zero-order valence-corrected chi connectivity index (χ0v) is 12.5. The van der Waals surface area contributed by atoms with Gasteiger partial charge in [-0.2, -0.15) is 0 Å². The molecule has 21 heavy (non-hydrogen) atoms. The highest BCUT2D eigenvalue weighted by Crippen LogP contribution is 2.27. The third-order valence-corrected chi connectivity index (χ3v) is 3.32. The van der Waals surface area contributed by atoms with Crippen LogP contribution in [0.4, 0.5) is 5.69 Å². The lowest BCUT2D eigenvalue weighted by Crippen LogP contribution is -2.47. The summed E-state index contributed by atoms with van der Waals surface area (Å²) in [5.74, 6) is 0.890. The standard InChI is InChI=1S/C15H20N2O4/c1-15(2,3)16-8-9-20-12(10-16)11-21-14-7-5-4-6-13(14)17(18)19/h4-7,11H,8-10H2,1-3H3. The largest absolute Gasteiger partial charge is 0.492 e. The van der Waals surface area contributed by atoms with Crippen molar-refractivity contribution in [1.29, 1.82) is 0 Å². The molecule has 1 aromatic carbocycles.